The van der Waals surface area contributed by atoms with Crippen molar-refractivity contribution >= 4 is 0 Å². The number of hydrogen-bond donors (Lipinski definition) is 2. The molecule has 1 atom stereocenters. The van der Waals surface area contributed by atoms with Crippen molar-refractivity contribution in [3.05, 3.63) is 46.5 Å². The molecular weight excluding hydrogens is 434 g/mol. The summed E-state index contributed by atoms with van der Waals surface area (Å²) in [4.78, 5) is 2.32. The largest absolute Gasteiger partial charge is 0.490 e. The summed E-state index contributed by atoms with van der Waals surface area (Å²) in [6.07, 6.45) is 0. The van der Waals surface area contributed by atoms with Gasteiger partial charge in [-0.1, -0.05) is 26.8 Å². The summed E-state index contributed by atoms with van der Waals surface area (Å²) < 4.78 is 23.1. The van der Waals surface area contributed by atoms with Gasteiger partial charge in [0.25, 0.3) is 0 Å². The minimum atomic E-state index is -0.427. The molecule has 3 N–H and O–H groups in total. The number of nitrogens with two attached hydrogens (primary N) is 1. The molecular formula is C25H33N5O4. The molecule has 182 valence electrons. The molecule has 1 aromatic carbocycles. The Morgan fingerprint density at radius 2 is 2.00 bits per heavy atom. The molecule has 1 saturated heterocycles. The Balaban J connectivity index is 1.66. The second-order valence-electron chi connectivity index (χ2n) is 9.43. The van der Waals surface area contributed by atoms with Gasteiger partial charge < -0.3 is 24.7 Å². The lowest BCUT2D eigenvalue weighted by Crippen LogP contribution is -2.38. The van der Waals surface area contributed by atoms with Crippen molar-refractivity contribution in [2.24, 2.45) is 5.73 Å². The Morgan fingerprint density at radius 3 is 2.68 bits per heavy atom. The van der Waals surface area contributed by atoms with Crippen LogP contribution in [0.4, 0.5) is 0 Å². The predicted octanol–water partition coefficient (Wildman–Crippen LogP) is 3.04. The fourth-order valence-corrected chi connectivity index (χ4v) is 4.35. The lowest BCUT2D eigenvalue weighted by atomic mass is 9.79. The second kappa shape index (κ2) is 9.95. The molecule has 1 unspecified atom stereocenters. The van der Waals surface area contributed by atoms with Gasteiger partial charge in [-0.2, -0.15) is 5.26 Å². The zero-order chi connectivity index (χ0) is 24.3. The van der Waals surface area contributed by atoms with Crippen LogP contribution in [0.2, 0.25) is 0 Å². The molecule has 2 aliphatic rings. The molecule has 1 fully saturated rings. The van der Waals surface area contributed by atoms with Crippen LogP contribution in [0.25, 0.3) is 0 Å². The van der Waals surface area contributed by atoms with Crippen molar-refractivity contribution in [2.45, 2.75) is 39.0 Å². The molecule has 0 spiro atoms. The lowest BCUT2D eigenvalue weighted by molar-refractivity contribution is 0.0321. The molecule has 9 nitrogen and oxygen atoms in total. The van der Waals surface area contributed by atoms with E-state index in [-0.39, 0.29) is 11.3 Å². The third kappa shape index (κ3) is 4.83. The SMILES string of the molecule is CCOc1cc(C2C(C#N)=C(N)Oc3n[nH]c(C(C)(C)C)c32)ccc1OCCN1CCOCC1. The van der Waals surface area contributed by atoms with E-state index in [2.05, 4.69) is 41.9 Å². The van der Waals surface area contributed by atoms with Gasteiger partial charge in [0.15, 0.2) is 11.5 Å². The van der Waals surface area contributed by atoms with Crippen LogP contribution in [0, 0.1) is 11.3 Å². The number of nitrogens with zero attached hydrogens (tertiary/aromatic N) is 3. The quantitative estimate of drug-likeness (QED) is 0.638. The highest BCUT2D eigenvalue weighted by molar-refractivity contribution is 5.58. The normalized spacial score (nSPS) is 18.7. The molecule has 3 heterocycles. The van der Waals surface area contributed by atoms with E-state index in [4.69, 9.17) is 24.7 Å². The maximum Gasteiger partial charge on any atom is 0.244 e. The third-order valence-electron chi connectivity index (χ3n) is 6.06. The summed E-state index contributed by atoms with van der Waals surface area (Å²) in [5, 5.41) is 17.4. The number of ether oxygens (including phenoxy) is 4. The Kier molecular flexibility index (Phi) is 7.00. The van der Waals surface area contributed by atoms with E-state index < -0.39 is 5.92 Å². The van der Waals surface area contributed by atoms with Crippen molar-refractivity contribution in [2.75, 3.05) is 46.1 Å². The van der Waals surface area contributed by atoms with Gasteiger partial charge in [-0.3, -0.25) is 10.00 Å². The number of hydrogen-bond acceptors (Lipinski definition) is 8. The summed E-state index contributed by atoms with van der Waals surface area (Å²) >= 11 is 0. The van der Waals surface area contributed by atoms with E-state index in [0.29, 0.717) is 36.2 Å². The number of allylic oxidation sites excluding steroid dienone is 1. The van der Waals surface area contributed by atoms with Crippen molar-refractivity contribution in [3.63, 3.8) is 0 Å². The van der Waals surface area contributed by atoms with Gasteiger partial charge in [0.2, 0.25) is 11.8 Å². The van der Waals surface area contributed by atoms with Crippen LogP contribution in [-0.4, -0.2) is 61.2 Å². The molecule has 0 radical (unpaired) electrons. The molecule has 2 aromatic rings. The van der Waals surface area contributed by atoms with E-state index in [1.54, 1.807) is 0 Å². The molecule has 0 aliphatic carbocycles. The average molecular weight is 468 g/mol. The summed E-state index contributed by atoms with van der Waals surface area (Å²) in [5.41, 5.74) is 8.82. The van der Waals surface area contributed by atoms with E-state index in [0.717, 1.165) is 49.7 Å². The summed E-state index contributed by atoms with van der Waals surface area (Å²) in [5.74, 6) is 1.34. The van der Waals surface area contributed by atoms with Gasteiger partial charge in [0, 0.05) is 30.7 Å². The maximum atomic E-state index is 9.95. The van der Waals surface area contributed by atoms with E-state index >= 15 is 0 Å². The first-order chi connectivity index (χ1) is 16.3. The van der Waals surface area contributed by atoms with Crippen molar-refractivity contribution < 1.29 is 18.9 Å². The number of fused-ring (bicyclic) bond motifs is 1. The monoisotopic (exact) mass is 467 g/mol. The number of benzene rings is 1. The molecule has 0 amide bonds. The second-order valence-corrected chi connectivity index (χ2v) is 9.43. The summed E-state index contributed by atoms with van der Waals surface area (Å²) in [6, 6.07) is 8.03. The standard InChI is InChI=1S/C25H33N5O4/c1-5-32-19-14-16(6-7-18(19)33-13-10-30-8-11-31-12-9-30)20-17(15-26)23(27)34-24-21(20)22(28-29-24)25(2,3)4/h6-7,14,20H,5,8-13,27H2,1-4H3,(H,28,29). The summed E-state index contributed by atoms with van der Waals surface area (Å²) in [6.45, 7) is 13.4. The fraction of sp³-hybridized carbons (Fsp3) is 0.520. The number of nitrogens with one attached hydrogen (secondary N) is 1. The highest BCUT2D eigenvalue weighted by atomic mass is 16.5. The minimum absolute atomic E-state index is 0.0655. The van der Waals surface area contributed by atoms with Gasteiger partial charge >= 0.3 is 0 Å². The lowest BCUT2D eigenvalue weighted by Gasteiger charge is -2.28. The Morgan fingerprint density at radius 1 is 1.24 bits per heavy atom. The van der Waals surface area contributed by atoms with Crippen LogP contribution < -0.4 is 19.9 Å². The number of morpholine rings is 1. The highest BCUT2D eigenvalue weighted by Gasteiger charge is 2.38. The highest BCUT2D eigenvalue weighted by Crippen LogP contribution is 2.46. The Bertz CT molecular complexity index is 1090. The van der Waals surface area contributed by atoms with E-state index in [1.165, 1.54) is 0 Å². The number of H-pyrrole nitrogens is 1. The fourth-order valence-electron chi connectivity index (χ4n) is 4.35. The molecule has 0 saturated carbocycles. The Labute approximate surface area is 200 Å². The Hall–Kier alpha value is -3.22. The van der Waals surface area contributed by atoms with Gasteiger partial charge in [0.05, 0.1) is 31.3 Å². The molecule has 1 aromatic heterocycles. The first-order valence-electron chi connectivity index (χ1n) is 11.7. The number of aromatic nitrogens is 2. The first-order valence-corrected chi connectivity index (χ1v) is 11.7. The zero-order valence-electron chi connectivity index (χ0n) is 20.3. The number of nitriles is 1. The van der Waals surface area contributed by atoms with Crippen LogP contribution in [-0.2, 0) is 10.2 Å². The number of rotatable bonds is 7. The smallest absolute Gasteiger partial charge is 0.244 e. The summed E-state index contributed by atoms with van der Waals surface area (Å²) in [7, 11) is 0. The van der Waals surface area contributed by atoms with Gasteiger partial charge in [-0.25, -0.2) is 0 Å². The van der Waals surface area contributed by atoms with Crippen molar-refractivity contribution in [1.29, 1.82) is 5.26 Å². The van der Waals surface area contributed by atoms with E-state index in [1.807, 2.05) is 25.1 Å². The molecule has 0 bridgehead atoms. The van der Waals surface area contributed by atoms with Crippen LogP contribution in [0.1, 0.15) is 50.4 Å². The zero-order valence-corrected chi connectivity index (χ0v) is 20.3. The minimum Gasteiger partial charge on any atom is -0.490 e. The maximum absolute atomic E-state index is 9.95. The van der Waals surface area contributed by atoms with Gasteiger partial charge in [-0.05, 0) is 24.6 Å². The molecule has 34 heavy (non-hydrogen) atoms. The average Bonchev–Trinajstić information content (AvgIpc) is 3.24. The molecule has 2 aliphatic heterocycles. The molecule has 9 heteroatoms. The third-order valence-corrected chi connectivity index (χ3v) is 6.06. The predicted molar refractivity (Wildman–Crippen MR) is 127 cm³/mol. The topological polar surface area (TPSA) is 119 Å². The number of aromatic amines is 1. The van der Waals surface area contributed by atoms with Gasteiger partial charge in [-0.15, -0.1) is 5.10 Å². The van der Waals surface area contributed by atoms with Gasteiger partial charge in [0.1, 0.15) is 18.2 Å². The van der Waals surface area contributed by atoms with Crippen molar-refractivity contribution in [3.8, 4) is 23.4 Å². The van der Waals surface area contributed by atoms with Crippen LogP contribution >= 0.6 is 0 Å². The van der Waals surface area contributed by atoms with Crippen LogP contribution in [0.3, 0.4) is 0 Å². The first kappa shape index (κ1) is 23.9. The van der Waals surface area contributed by atoms with Crippen LogP contribution in [0.15, 0.2) is 29.7 Å². The van der Waals surface area contributed by atoms with Crippen molar-refractivity contribution in [1.82, 2.24) is 15.1 Å². The van der Waals surface area contributed by atoms with E-state index in [9.17, 15) is 5.26 Å². The van der Waals surface area contributed by atoms with Crippen LogP contribution in [0.5, 0.6) is 17.4 Å². The molecule has 4 rings (SSSR count).